The lowest BCUT2D eigenvalue weighted by Crippen LogP contribution is -2.30. The van der Waals surface area contributed by atoms with E-state index in [0.29, 0.717) is 0 Å². The molecule has 1 N–H and O–H groups in total. The van der Waals surface area contributed by atoms with Gasteiger partial charge in [0.1, 0.15) is 5.82 Å². The maximum Gasteiger partial charge on any atom is 0.264 e. The van der Waals surface area contributed by atoms with Crippen molar-refractivity contribution in [2.24, 2.45) is 0 Å². The summed E-state index contributed by atoms with van der Waals surface area (Å²) in [7, 11) is -4.13. The number of benzene rings is 2. The van der Waals surface area contributed by atoms with Gasteiger partial charge in [0.15, 0.2) is 11.6 Å². The van der Waals surface area contributed by atoms with E-state index in [-0.39, 0.29) is 23.3 Å². The standard InChI is InChI=1S/C15H12F3NO3S/c16-11-5-7-12(8-6-11)23(21,22)19-14(20)9-4-10-2-1-3-13(17)15(10)18/h1-3,5-8H,4,9H2,(H,19,20). The number of hydrogen-bond donors (Lipinski definition) is 1. The first-order valence-electron chi connectivity index (χ1n) is 6.54. The van der Waals surface area contributed by atoms with E-state index in [1.54, 1.807) is 4.72 Å². The molecule has 0 fully saturated rings. The number of carbonyl (C=O) groups is 1. The zero-order valence-electron chi connectivity index (χ0n) is 11.7. The topological polar surface area (TPSA) is 63.2 Å². The Bertz CT molecular complexity index is 820. The Labute approximate surface area is 131 Å². The highest BCUT2D eigenvalue weighted by atomic mass is 32.2. The Morgan fingerprint density at radius 1 is 1.00 bits per heavy atom. The van der Waals surface area contributed by atoms with Crippen molar-refractivity contribution in [2.45, 2.75) is 17.7 Å². The maximum absolute atomic E-state index is 13.4. The van der Waals surface area contributed by atoms with Crippen LogP contribution in [0, 0.1) is 17.5 Å². The van der Waals surface area contributed by atoms with Gasteiger partial charge in [-0.05, 0) is 42.3 Å². The minimum Gasteiger partial charge on any atom is -0.274 e. The van der Waals surface area contributed by atoms with Gasteiger partial charge in [0.05, 0.1) is 4.90 Å². The number of amides is 1. The van der Waals surface area contributed by atoms with E-state index in [4.69, 9.17) is 0 Å². The number of halogens is 3. The van der Waals surface area contributed by atoms with Gasteiger partial charge in [-0.1, -0.05) is 12.1 Å². The molecule has 1 amide bonds. The fraction of sp³-hybridized carbons (Fsp3) is 0.133. The molecule has 0 bridgehead atoms. The fourth-order valence-electron chi connectivity index (χ4n) is 1.86. The van der Waals surface area contributed by atoms with Crippen LogP contribution in [-0.2, 0) is 21.2 Å². The molecule has 2 rings (SSSR count). The second-order valence-corrected chi connectivity index (χ2v) is 6.38. The van der Waals surface area contributed by atoms with E-state index >= 15 is 0 Å². The first-order chi connectivity index (χ1) is 10.8. The van der Waals surface area contributed by atoms with Gasteiger partial charge in [0.25, 0.3) is 10.0 Å². The largest absolute Gasteiger partial charge is 0.274 e. The molecule has 0 aliphatic carbocycles. The van der Waals surface area contributed by atoms with Gasteiger partial charge in [-0.2, -0.15) is 0 Å². The molecule has 0 aliphatic heterocycles. The molecular weight excluding hydrogens is 331 g/mol. The fourth-order valence-corrected chi connectivity index (χ4v) is 2.88. The summed E-state index contributed by atoms with van der Waals surface area (Å²) in [6.07, 6.45) is -0.505. The van der Waals surface area contributed by atoms with Gasteiger partial charge in [0.2, 0.25) is 5.91 Å². The minimum atomic E-state index is -4.13. The van der Waals surface area contributed by atoms with Crippen LogP contribution in [0.4, 0.5) is 13.2 Å². The van der Waals surface area contributed by atoms with E-state index in [1.807, 2.05) is 0 Å². The first-order valence-corrected chi connectivity index (χ1v) is 8.02. The molecule has 0 saturated heterocycles. The summed E-state index contributed by atoms with van der Waals surface area (Å²) in [4.78, 5) is 11.4. The number of hydrogen-bond acceptors (Lipinski definition) is 3. The van der Waals surface area contributed by atoms with Crippen molar-refractivity contribution in [2.75, 3.05) is 0 Å². The van der Waals surface area contributed by atoms with Crippen molar-refractivity contribution in [1.82, 2.24) is 4.72 Å². The van der Waals surface area contributed by atoms with Crippen LogP contribution in [0.15, 0.2) is 47.4 Å². The molecule has 0 radical (unpaired) electrons. The Hall–Kier alpha value is -2.35. The molecule has 23 heavy (non-hydrogen) atoms. The summed E-state index contributed by atoms with van der Waals surface area (Å²) in [5.74, 6) is -3.60. The molecule has 0 unspecified atom stereocenters. The van der Waals surface area contributed by atoms with Crippen LogP contribution in [0.3, 0.4) is 0 Å². The zero-order chi connectivity index (χ0) is 17.0. The predicted octanol–water partition coefficient (Wildman–Crippen LogP) is 2.54. The molecule has 0 saturated carbocycles. The third-order valence-corrected chi connectivity index (χ3v) is 4.41. The van der Waals surface area contributed by atoms with E-state index < -0.39 is 33.4 Å². The van der Waals surface area contributed by atoms with Crippen LogP contribution in [0.5, 0.6) is 0 Å². The first kappa shape index (κ1) is 17.0. The lowest BCUT2D eigenvalue weighted by molar-refractivity contribution is -0.119. The lowest BCUT2D eigenvalue weighted by Gasteiger charge is -2.07. The average Bonchev–Trinajstić information content (AvgIpc) is 2.49. The average molecular weight is 343 g/mol. The minimum absolute atomic E-state index is 0.0284. The quantitative estimate of drug-likeness (QED) is 0.907. The van der Waals surface area contributed by atoms with Crippen LogP contribution in [-0.4, -0.2) is 14.3 Å². The van der Waals surface area contributed by atoms with Crippen LogP contribution in [0.25, 0.3) is 0 Å². The van der Waals surface area contributed by atoms with Gasteiger partial charge in [-0.25, -0.2) is 26.3 Å². The maximum atomic E-state index is 13.4. The lowest BCUT2D eigenvalue weighted by atomic mass is 10.1. The van der Waals surface area contributed by atoms with Crippen LogP contribution in [0.2, 0.25) is 0 Å². The zero-order valence-corrected chi connectivity index (χ0v) is 12.5. The molecule has 8 heteroatoms. The van der Waals surface area contributed by atoms with E-state index in [0.717, 1.165) is 30.3 Å². The van der Waals surface area contributed by atoms with Crippen molar-refractivity contribution in [3.63, 3.8) is 0 Å². The third-order valence-electron chi connectivity index (χ3n) is 3.03. The SMILES string of the molecule is O=C(CCc1cccc(F)c1F)NS(=O)(=O)c1ccc(F)cc1. The van der Waals surface area contributed by atoms with Crippen molar-refractivity contribution >= 4 is 15.9 Å². The van der Waals surface area contributed by atoms with Crippen LogP contribution in [0.1, 0.15) is 12.0 Å². The van der Waals surface area contributed by atoms with Gasteiger partial charge >= 0.3 is 0 Å². The van der Waals surface area contributed by atoms with Crippen molar-refractivity contribution in [3.8, 4) is 0 Å². The Kier molecular flexibility index (Phi) is 5.05. The monoisotopic (exact) mass is 343 g/mol. The number of rotatable bonds is 5. The van der Waals surface area contributed by atoms with Crippen molar-refractivity contribution < 1.29 is 26.4 Å². The second-order valence-electron chi connectivity index (χ2n) is 4.70. The molecule has 122 valence electrons. The highest BCUT2D eigenvalue weighted by Crippen LogP contribution is 2.14. The number of nitrogens with one attached hydrogen (secondary N) is 1. The second kappa shape index (κ2) is 6.82. The van der Waals surface area contributed by atoms with E-state index in [2.05, 4.69) is 0 Å². The van der Waals surface area contributed by atoms with Gasteiger partial charge in [-0.15, -0.1) is 0 Å². The Morgan fingerprint density at radius 2 is 1.65 bits per heavy atom. The number of aryl methyl sites for hydroxylation is 1. The Morgan fingerprint density at radius 3 is 2.30 bits per heavy atom. The molecule has 4 nitrogen and oxygen atoms in total. The predicted molar refractivity (Wildman–Crippen MR) is 76.4 cm³/mol. The molecule has 2 aromatic carbocycles. The van der Waals surface area contributed by atoms with Crippen LogP contribution < -0.4 is 4.72 Å². The summed E-state index contributed by atoms with van der Waals surface area (Å²) in [6, 6.07) is 7.45. The third kappa shape index (κ3) is 4.32. The smallest absolute Gasteiger partial charge is 0.264 e. The highest BCUT2D eigenvalue weighted by molar-refractivity contribution is 7.90. The van der Waals surface area contributed by atoms with Gasteiger partial charge in [0, 0.05) is 6.42 Å². The molecule has 2 aromatic rings. The summed E-state index contributed by atoms with van der Waals surface area (Å²) in [6.45, 7) is 0. The van der Waals surface area contributed by atoms with E-state index in [9.17, 15) is 26.4 Å². The molecule has 0 atom stereocenters. The molecule has 0 spiro atoms. The summed E-state index contributed by atoms with van der Waals surface area (Å²) >= 11 is 0. The molecule has 0 aliphatic rings. The van der Waals surface area contributed by atoms with E-state index in [1.165, 1.54) is 12.1 Å². The van der Waals surface area contributed by atoms with Gasteiger partial charge < -0.3 is 0 Å². The number of sulfonamides is 1. The van der Waals surface area contributed by atoms with Crippen LogP contribution >= 0.6 is 0 Å². The Balaban J connectivity index is 2.01. The molecule has 0 heterocycles. The van der Waals surface area contributed by atoms with Crippen molar-refractivity contribution in [3.05, 3.63) is 65.5 Å². The number of carbonyl (C=O) groups excluding carboxylic acids is 1. The highest BCUT2D eigenvalue weighted by Gasteiger charge is 2.18. The normalized spacial score (nSPS) is 11.3. The summed E-state index contributed by atoms with van der Waals surface area (Å²) < 4.78 is 64.8. The van der Waals surface area contributed by atoms with Crippen molar-refractivity contribution in [1.29, 1.82) is 0 Å². The molecule has 0 aromatic heterocycles. The summed E-state index contributed by atoms with van der Waals surface area (Å²) in [5, 5.41) is 0. The summed E-state index contributed by atoms with van der Waals surface area (Å²) in [5.41, 5.74) is -0.0284. The van der Waals surface area contributed by atoms with Gasteiger partial charge in [-0.3, -0.25) is 4.79 Å². The molecular formula is C15H12F3NO3S.